The molecule has 1 aromatic carbocycles. The molecule has 1 aliphatic heterocycles. The van der Waals surface area contributed by atoms with Crippen LogP contribution in [0.5, 0.6) is 11.5 Å². The third-order valence-electron chi connectivity index (χ3n) is 5.30. The molecule has 3 atom stereocenters. The number of benzene rings is 1. The van der Waals surface area contributed by atoms with Gasteiger partial charge in [-0.25, -0.2) is 0 Å². The first-order valence-corrected chi connectivity index (χ1v) is 8.21. The molecule has 0 bridgehead atoms. The first-order valence-electron chi connectivity index (χ1n) is 8.21. The van der Waals surface area contributed by atoms with Crippen molar-refractivity contribution in [3.05, 3.63) is 23.8 Å². The van der Waals surface area contributed by atoms with Gasteiger partial charge in [-0.3, -0.25) is 0 Å². The molecule has 0 radical (unpaired) electrons. The zero-order chi connectivity index (χ0) is 14.9. The van der Waals surface area contributed by atoms with Gasteiger partial charge in [-0.1, -0.05) is 19.8 Å². The number of fused-ring (bicyclic) bond motifs is 1. The van der Waals surface area contributed by atoms with E-state index in [9.17, 15) is 5.11 Å². The average Bonchev–Trinajstić information content (AvgIpc) is 2.69. The fraction of sp³-hybridized carbons (Fsp3) is 0.667. The van der Waals surface area contributed by atoms with E-state index >= 15 is 0 Å². The second-order valence-electron chi connectivity index (χ2n) is 6.61. The fourth-order valence-electron chi connectivity index (χ4n) is 3.91. The number of hydrogen-bond acceptors (Lipinski definition) is 3. The van der Waals surface area contributed by atoms with Crippen molar-refractivity contribution in [1.82, 2.24) is 0 Å². The van der Waals surface area contributed by atoms with Gasteiger partial charge in [-0.05, 0) is 49.8 Å². The smallest absolute Gasteiger partial charge is 0.126 e. The molecule has 0 saturated heterocycles. The number of aliphatic hydroxyl groups is 1. The minimum Gasteiger partial charge on any atom is -0.497 e. The van der Waals surface area contributed by atoms with Crippen LogP contribution in [0.25, 0.3) is 0 Å². The molecule has 0 aromatic heterocycles. The van der Waals surface area contributed by atoms with E-state index in [1.807, 2.05) is 18.2 Å². The average molecular weight is 290 g/mol. The van der Waals surface area contributed by atoms with Gasteiger partial charge < -0.3 is 14.6 Å². The maximum absolute atomic E-state index is 10.6. The zero-order valence-corrected chi connectivity index (χ0v) is 13.1. The van der Waals surface area contributed by atoms with Gasteiger partial charge in [0.25, 0.3) is 0 Å². The van der Waals surface area contributed by atoms with Crippen LogP contribution < -0.4 is 9.47 Å². The summed E-state index contributed by atoms with van der Waals surface area (Å²) in [6.07, 6.45) is 7.37. The summed E-state index contributed by atoms with van der Waals surface area (Å²) in [4.78, 5) is 0. The van der Waals surface area contributed by atoms with Gasteiger partial charge >= 0.3 is 0 Å². The monoisotopic (exact) mass is 290 g/mol. The van der Waals surface area contributed by atoms with E-state index in [0.29, 0.717) is 6.42 Å². The topological polar surface area (TPSA) is 38.7 Å². The normalized spacial score (nSPS) is 32.1. The van der Waals surface area contributed by atoms with Crippen molar-refractivity contribution in [3.63, 3.8) is 0 Å². The molecule has 1 N–H and O–H groups in total. The van der Waals surface area contributed by atoms with Crippen LogP contribution in [0.2, 0.25) is 0 Å². The number of ether oxygens (including phenoxy) is 2. The van der Waals surface area contributed by atoms with Gasteiger partial charge in [0.1, 0.15) is 17.1 Å². The first kappa shape index (κ1) is 14.7. The highest BCUT2D eigenvalue weighted by molar-refractivity contribution is 5.43. The Labute approximate surface area is 127 Å². The first-order chi connectivity index (χ1) is 10.2. The summed E-state index contributed by atoms with van der Waals surface area (Å²) in [5.41, 5.74) is 0.710. The lowest BCUT2D eigenvalue weighted by molar-refractivity contribution is -0.0252. The number of aliphatic hydroxyl groups excluding tert-OH is 1. The summed E-state index contributed by atoms with van der Waals surface area (Å²) < 4.78 is 11.6. The number of rotatable bonds is 2. The van der Waals surface area contributed by atoms with E-state index in [1.165, 1.54) is 25.7 Å². The van der Waals surface area contributed by atoms with Gasteiger partial charge in [-0.15, -0.1) is 0 Å². The number of hydrogen-bond donors (Lipinski definition) is 1. The van der Waals surface area contributed by atoms with Gasteiger partial charge in [0.2, 0.25) is 0 Å². The standard InChI is InChI=1S/C18H26O3/c1-3-13-5-4-9-18(10-8-13)12-16(19)15-11-14(20-2)6-7-17(15)21-18/h6-7,11,13,16,19H,3-5,8-10,12H2,1-2H3/t13?,16-,18?/m1/s1. The maximum atomic E-state index is 10.6. The molecule has 1 fully saturated rings. The molecule has 0 amide bonds. The minimum absolute atomic E-state index is 0.162. The van der Waals surface area contributed by atoms with Crippen molar-refractivity contribution in [2.24, 2.45) is 5.92 Å². The molecule has 2 unspecified atom stereocenters. The Morgan fingerprint density at radius 3 is 2.95 bits per heavy atom. The molecule has 1 aromatic rings. The Bertz CT molecular complexity index is 499. The molecule has 1 aliphatic carbocycles. The fourth-order valence-corrected chi connectivity index (χ4v) is 3.91. The highest BCUT2D eigenvalue weighted by Gasteiger charge is 2.41. The molecule has 21 heavy (non-hydrogen) atoms. The summed E-state index contributed by atoms with van der Waals surface area (Å²) >= 11 is 0. The molecular formula is C18H26O3. The van der Waals surface area contributed by atoms with Crippen molar-refractivity contribution in [2.45, 2.75) is 63.6 Å². The molecule has 2 aliphatic rings. The van der Waals surface area contributed by atoms with Crippen LogP contribution in [0.1, 0.15) is 63.5 Å². The third kappa shape index (κ3) is 2.89. The summed E-state index contributed by atoms with van der Waals surface area (Å²) in [6.45, 7) is 2.28. The van der Waals surface area contributed by atoms with Crippen LogP contribution in [0.3, 0.4) is 0 Å². The summed E-state index contributed by atoms with van der Waals surface area (Å²) in [6, 6.07) is 5.76. The lowest BCUT2D eigenvalue weighted by Gasteiger charge is -2.40. The van der Waals surface area contributed by atoms with Crippen molar-refractivity contribution in [2.75, 3.05) is 7.11 Å². The van der Waals surface area contributed by atoms with E-state index in [4.69, 9.17) is 9.47 Å². The quantitative estimate of drug-likeness (QED) is 0.885. The number of methoxy groups -OCH3 is 1. The van der Waals surface area contributed by atoms with Crippen molar-refractivity contribution < 1.29 is 14.6 Å². The van der Waals surface area contributed by atoms with Gasteiger partial charge in [0.15, 0.2) is 0 Å². The molecule has 1 heterocycles. The predicted octanol–water partition coefficient (Wildman–Crippen LogP) is 4.24. The van der Waals surface area contributed by atoms with Crippen LogP contribution >= 0.6 is 0 Å². The molecule has 1 saturated carbocycles. The summed E-state index contributed by atoms with van der Waals surface area (Å²) in [5.74, 6) is 2.44. The molecular weight excluding hydrogens is 264 g/mol. The van der Waals surface area contributed by atoms with Crippen LogP contribution in [0, 0.1) is 5.92 Å². The molecule has 3 heteroatoms. The van der Waals surface area contributed by atoms with Gasteiger partial charge in [0.05, 0.1) is 13.2 Å². The van der Waals surface area contributed by atoms with Crippen molar-refractivity contribution >= 4 is 0 Å². The second-order valence-corrected chi connectivity index (χ2v) is 6.61. The van der Waals surface area contributed by atoms with E-state index < -0.39 is 6.10 Å². The predicted molar refractivity (Wildman–Crippen MR) is 82.8 cm³/mol. The summed E-state index contributed by atoms with van der Waals surface area (Å²) in [5, 5.41) is 10.6. The van der Waals surface area contributed by atoms with Crippen LogP contribution in [-0.4, -0.2) is 17.8 Å². The summed E-state index contributed by atoms with van der Waals surface area (Å²) in [7, 11) is 1.65. The minimum atomic E-state index is -0.443. The van der Waals surface area contributed by atoms with E-state index in [1.54, 1.807) is 7.11 Å². The Kier molecular flexibility index (Phi) is 4.12. The molecule has 116 valence electrons. The highest BCUT2D eigenvalue weighted by Crippen LogP contribution is 2.47. The van der Waals surface area contributed by atoms with Crippen LogP contribution in [-0.2, 0) is 0 Å². The SMILES string of the molecule is CCC1CCCC2(CC1)C[C@@H](O)c1cc(OC)ccc1O2. The van der Waals surface area contributed by atoms with Gasteiger partial charge in [-0.2, -0.15) is 0 Å². The Hall–Kier alpha value is -1.22. The third-order valence-corrected chi connectivity index (χ3v) is 5.30. The highest BCUT2D eigenvalue weighted by atomic mass is 16.5. The van der Waals surface area contributed by atoms with Crippen molar-refractivity contribution in [3.8, 4) is 11.5 Å². The van der Waals surface area contributed by atoms with E-state index in [0.717, 1.165) is 35.8 Å². The molecule has 3 rings (SSSR count). The van der Waals surface area contributed by atoms with Crippen molar-refractivity contribution in [1.29, 1.82) is 0 Å². The Morgan fingerprint density at radius 1 is 1.33 bits per heavy atom. The lowest BCUT2D eigenvalue weighted by atomic mass is 9.83. The largest absolute Gasteiger partial charge is 0.497 e. The van der Waals surface area contributed by atoms with Gasteiger partial charge in [0, 0.05) is 12.0 Å². The second kappa shape index (κ2) is 5.88. The lowest BCUT2D eigenvalue weighted by Crippen LogP contribution is -2.40. The molecule has 1 spiro atoms. The van der Waals surface area contributed by atoms with E-state index in [-0.39, 0.29) is 5.60 Å². The zero-order valence-electron chi connectivity index (χ0n) is 13.1. The van der Waals surface area contributed by atoms with Crippen LogP contribution in [0.15, 0.2) is 18.2 Å². The Morgan fingerprint density at radius 2 is 2.19 bits per heavy atom. The van der Waals surface area contributed by atoms with Crippen LogP contribution in [0.4, 0.5) is 0 Å². The molecule has 3 nitrogen and oxygen atoms in total. The van der Waals surface area contributed by atoms with E-state index in [2.05, 4.69) is 6.92 Å². The Balaban J connectivity index is 1.84. The maximum Gasteiger partial charge on any atom is 0.126 e.